The number of nitrogens with one attached hydrogen (secondary N) is 1. The lowest BCUT2D eigenvalue weighted by atomic mass is 9.85. The van der Waals surface area contributed by atoms with Gasteiger partial charge in [0.05, 0.1) is 6.04 Å². The molecule has 1 saturated carbocycles. The summed E-state index contributed by atoms with van der Waals surface area (Å²) in [5.41, 5.74) is 6.82. The van der Waals surface area contributed by atoms with Crippen molar-refractivity contribution in [1.29, 1.82) is 5.53 Å². The molecule has 1 N–H and O–H groups in total. The van der Waals surface area contributed by atoms with Crippen molar-refractivity contribution in [2.45, 2.75) is 38.1 Å². The highest BCUT2D eigenvalue weighted by Gasteiger charge is 2.19. The Hall–Kier alpha value is -0.730. The molecule has 0 aliphatic heterocycles. The third-order valence-corrected chi connectivity index (χ3v) is 2.43. The molecule has 0 spiro atoms. The Morgan fingerprint density at radius 1 is 1.36 bits per heavy atom. The molecular formula is C8H14N2O. The van der Waals surface area contributed by atoms with Crippen LogP contribution in [0.3, 0.4) is 0 Å². The number of hydrogen-bond donors (Lipinski definition) is 1. The van der Waals surface area contributed by atoms with E-state index in [1.807, 2.05) is 0 Å². The van der Waals surface area contributed by atoms with Crippen molar-refractivity contribution in [3.63, 3.8) is 0 Å². The van der Waals surface area contributed by atoms with E-state index in [-0.39, 0.29) is 6.04 Å². The van der Waals surface area contributed by atoms with Crippen LogP contribution in [-0.4, -0.2) is 12.3 Å². The van der Waals surface area contributed by atoms with E-state index in [1.165, 1.54) is 0 Å². The Morgan fingerprint density at radius 2 is 2.00 bits per heavy atom. The van der Waals surface area contributed by atoms with Gasteiger partial charge in [0.15, 0.2) is 0 Å². The van der Waals surface area contributed by atoms with Crippen molar-refractivity contribution in [1.82, 2.24) is 0 Å². The molecule has 1 aliphatic carbocycles. The van der Waals surface area contributed by atoms with Crippen LogP contribution in [0, 0.1) is 11.4 Å². The fourth-order valence-electron chi connectivity index (χ4n) is 1.65. The van der Waals surface area contributed by atoms with E-state index in [4.69, 9.17) is 5.53 Å². The summed E-state index contributed by atoms with van der Waals surface area (Å²) < 4.78 is 0. The van der Waals surface area contributed by atoms with Gasteiger partial charge in [-0.15, -0.1) is 0 Å². The van der Waals surface area contributed by atoms with Gasteiger partial charge in [-0.3, -0.25) is 0 Å². The Kier molecular flexibility index (Phi) is 3.20. The molecule has 0 amide bonds. The summed E-state index contributed by atoms with van der Waals surface area (Å²) >= 11 is 0. The average molecular weight is 154 g/mol. The highest BCUT2D eigenvalue weighted by atomic mass is 16.1. The van der Waals surface area contributed by atoms with Crippen LogP contribution in [0.2, 0.25) is 0 Å². The molecule has 0 radical (unpaired) electrons. The smallest absolute Gasteiger partial charge is 0.120 e. The molecule has 0 atom stereocenters. The highest BCUT2D eigenvalue weighted by molar-refractivity contribution is 5.49. The molecule has 0 unspecified atom stereocenters. The Bertz CT molecular complexity index is 139. The fourth-order valence-corrected chi connectivity index (χ4v) is 1.65. The van der Waals surface area contributed by atoms with Crippen LogP contribution in [0.5, 0.6) is 0 Å². The number of hydrogen-bond acceptors (Lipinski definition) is 3. The molecule has 62 valence electrons. The fraction of sp³-hybridized carbons (Fsp3) is 0.875. The van der Waals surface area contributed by atoms with Gasteiger partial charge in [-0.2, -0.15) is 5.11 Å². The Morgan fingerprint density at radius 3 is 2.45 bits per heavy atom. The Labute approximate surface area is 66.7 Å². The third kappa shape index (κ3) is 2.41. The van der Waals surface area contributed by atoms with Crippen LogP contribution in [0.25, 0.3) is 0 Å². The Balaban J connectivity index is 2.23. The zero-order valence-electron chi connectivity index (χ0n) is 6.62. The first-order chi connectivity index (χ1) is 5.36. The van der Waals surface area contributed by atoms with Crippen LogP contribution in [0.4, 0.5) is 0 Å². The van der Waals surface area contributed by atoms with E-state index >= 15 is 0 Å². The van der Waals surface area contributed by atoms with Crippen molar-refractivity contribution < 1.29 is 4.79 Å². The van der Waals surface area contributed by atoms with Crippen molar-refractivity contribution in [2.24, 2.45) is 11.0 Å². The summed E-state index contributed by atoms with van der Waals surface area (Å²) in [5, 5.41) is 3.50. The minimum absolute atomic E-state index is 0.248. The lowest BCUT2D eigenvalue weighted by molar-refractivity contribution is -0.108. The molecule has 0 saturated heterocycles. The zero-order chi connectivity index (χ0) is 8.10. The summed E-state index contributed by atoms with van der Waals surface area (Å²) in [6.45, 7) is 0. The van der Waals surface area contributed by atoms with E-state index < -0.39 is 0 Å². The third-order valence-electron chi connectivity index (χ3n) is 2.43. The van der Waals surface area contributed by atoms with Crippen LogP contribution in [0.15, 0.2) is 5.11 Å². The van der Waals surface area contributed by atoms with Gasteiger partial charge in [0.1, 0.15) is 6.29 Å². The van der Waals surface area contributed by atoms with Crippen LogP contribution in [0.1, 0.15) is 32.1 Å². The van der Waals surface area contributed by atoms with E-state index in [9.17, 15) is 4.79 Å². The molecular weight excluding hydrogens is 140 g/mol. The molecule has 1 rings (SSSR count). The number of carbonyl (C=O) groups is 1. The summed E-state index contributed by atoms with van der Waals surface area (Å²) in [5.74, 6) is 0.575. The molecule has 0 aromatic rings. The van der Waals surface area contributed by atoms with Gasteiger partial charge in [-0.25, -0.2) is 5.53 Å². The number of carbonyl (C=O) groups excluding carboxylic acids is 1. The van der Waals surface area contributed by atoms with Crippen molar-refractivity contribution in [2.75, 3.05) is 0 Å². The van der Waals surface area contributed by atoms with Crippen molar-refractivity contribution in [3.8, 4) is 0 Å². The van der Waals surface area contributed by atoms with E-state index in [2.05, 4.69) is 5.11 Å². The first kappa shape index (κ1) is 8.37. The summed E-state index contributed by atoms with van der Waals surface area (Å²) in [4.78, 5) is 10.2. The molecule has 0 aromatic heterocycles. The molecule has 11 heavy (non-hydrogen) atoms. The lowest BCUT2D eigenvalue weighted by Crippen LogP contribution is -2.16. The van der Waals surface area contributed by atoms with Crippen LogP contribution in [-0.2, 0) is 4.79 Å². The molecule has 3 heteroatoms. The summed E-state index contributed by atoms with van der Waals surface area (Å²) in [6, 6.07) is 0.248. The molecule has 3 nitrogen and oxygen atoms in total. The summed E-state index contributed by atoms with van der Waals surface area (Å²) in [7, 11) is 0. The number of aldehydes is 1. The summed E-state index contributed by atoms with van der Waals surface area (Å²) in [6.07, 6.45) is 5.86. The SMILES string of the molecule is N=N[C@H]1CC[C@H](CC=O)CC1. The maximum Gasteiger partial charge on any atom is 0.120 e. The van der Waals surface area contributed by atoms with Crippen LogP contribution < -0.4 is 0 Å². The van der Waals surface area contributed by atoms with E-state index in [0.29, 0.717) is 12.3 Å². The minimum atomic E-state index is 0.248. The van der Waals surface area contributed by atoms with E-state index in [1.54, 1.807) is 0 Å². The molecule has 1 aliphatic rings. The predicted octanol–water partition coefficient (Wildman–Crippen LogP) is 2.17. The maximum atomic E-state index is 10.2. The second-order valence-corrected chi connectivity index (χ2v) is 3.21. The van der Waals surface area contributed by atoms with Gasteiger partial charge in [-0.05, 0) is 31.6 Å². The highest BCUT2D eigenvalue weighted by Crippen LogP contribution is 2.27. The maximum absolute atomic E-state index is 10.2. The van der Waals surface area contributed by atoms with Gasteiger partial charge < -0.3 is 4.79 Å². The first-order valence-electron chi connectivity index (χ1n) is 4.17. The standard InChI is InChI=1S/C8H14N2O/c9-10-8-3-1-7(2-4-8)5-6-11/h6-9H,1-5H2/t7-,8-. The zero-order valence-corrected chi connectivity index (χ0v) is 6.62. The van der Waals surface area contributed by atoms with Crippen LogP contribution >= 0.6 is 0 Å². The predicted molar refractivity (Wildman–Crippen MR) is 41.6 cm³/mol. The molecule has 0 heterocycles. The number of nitrogens with zero attached hydrogens (tertiary/aromatic N) is 1. The minimum Gasteiger partial charge on any atom is -0.303 e. The molecule has 1 fully saturated rings. The van der Waals surface area contributed by atoms with Gasteiger partial charge in [0, 0.05) is 6.42 Å². The molecule has 0 aromatic carbocycles. The monoisotopic (exact) mass is 154 g/mol. The lowest BCUT2D eigenvalue weighted by Gasteiger charge is -2.23. The first-order valence-corrected chi connectivity index (χ1v) is 4.17. The van der Waals surface area contributed by atoms with E-state index in [0.717, 1.165) is 32.0 Å². The van der Waals surface area contributed by atoms with Gasteiger partial charge in [0.25, 0.3) is 0 Å². The molecule has 0 bridgehead atoms. The normalized spacial score (nSPS) is 31.3. The van der Waals surface area contributed by atoms with Gasteiger partial charge in [-0.1, -0.05) is 0 Å². The van der Waals surface area contributed by atoms with Crippen molar-refractivity contribution >= 4 is 6.29 Å². The van der Waals surface area contributed by atoms with Gasteiger partial charge >= 0.3 is 0 Å². The second kappa shape index (κ2) is 4.21. The quantitative estimate of drug-likeness (QED) is 0.491. The van der Waals surface area contributed by atoms with Crippen molar-refractivity contribution in [3.05, 3.63) is 0 Å². The topological polar surface area (TPSA) is 53.3 Å². The second-order valence-electron chi connectivity index (χ2n) is 3.21. The largest absolute Gasteiger partial charge is 0.303 e. The van der Waals surface area contributed by atoms with Gasteiger partial charge in [0.2, 0.25) is 0 Å². The number of rotatable bonds is 3. The average Bonchev–Trinajstić information content (AvgIpc) is 2.07.